The van der Waals surface area contributed by atoms with Crippen LogP contribution in [0.25, 0.3) is 16.2 Å². The SMILES string of the molecule is O=C(Cc1csc2nc(-c3ccccc3)cn12)Nc1ccc(C(F)(F)F)cc1. The molecule has 4 nitrogen and oxygen atoms in total. The summed E-state index contributed by atoms with van der Waals surface area (Å²) in [6.07, 6.45) is -2.43. The van der Waals surface area contributed by atoms with Gasteiger partial charge in [0.05, 0.1) is 17.7 Å². The molecule has 142 valence electrons. The summed E-state index contributed by atoms with van der Waals surface area (Å²) in [6.45, 7) is 0. The number of thiazole rings is 1. The van der Waals surface area contributed by atoms with Crippen LogP contribution in [0.1, 0.15) is 11.3 Å². The number of alkyl halides is 3. The second kappa shape index (κ2) is 7.12. The lowest BCUT2D eigenvalue weighted by atomic mass is 10.2. The Hall–Kier alpha value is -3.13. The van der Waals surface area contributed by atoms with Crippen molar-refractivity contribution in [3.63, 3.8) is 0 Å². The Morgan fingerprint density at radius 1 is 1.07 bits per heavy atom. The van der Waals surface area contributed by atoms with Crippen LogP contribution in [0.2, 0.25) is 0 Å². The largest absolute Gasteiger partial charge is 0.416 e. The molecule has 1 N–H and O–H groups in total. The number of aromatic nitrogens is 2. The topological polar surface area (TPSA) is 46.4 Å². The number of nitrogens with zero attached hydrogens (tertiary/aromatic N) is 2. The summed E-state index contributed by atoms with van der Waals surface area (Å²) < 4.78 is 39.7. The monoisotopic (exact) mass is 401 g/mol. The second-order valence-electron chi connectivity index (χ2n) is 6.17. The van der Waals surface area contributed by atoms with Crippen LogP contribution in [0.3, 0.4) is 0 Å². The fourth-order valence-corrected chi connectivity index (χ4v) is 3.69. The first kappa shape index (κ1) is 18.2. The zero-order valence-corrected chi connectivity index (χ0v) is 15.2. The Morgan fingerprint density at radius 3 is 2.46 bits per heavy atom. The molecule has 4 aromatic rings. The van der Waals surface area contributed by atoms with Gasteiger partial charge in [-0.2, -0.15) is 13.2 Å². The van der Waals surface area contributed by atoms with Crippen molar-refractivity contribution in [3.8, 4) is 11.3 Å². The number of carbonyl (C=O) groups excluding carboxylic acids is 1. The number of halogens is 3. The number of hydrogen-bond acceptors (Lipinski definition) is 3. The standard InChI is InChI=1S/C20H14F3N3OS/c21-20(22,23)14-6-8-15(9-7-14)24-18(27)10-16-12-28-19-25-17(11-26(16)19)13-4-2-1-3-5-13/h1-9,11-12H,10H2,(H,24,27). The van der Waals surface area contributed by atoms with Crippen molar-refractivity contribution >= 4 is 27.9 Å². The maximum Gasteiger partial charge on any atom is 0.416 e. The van der Waals surface area contributed by atoms with Crippen molar-refractivity contribution in [1.82, 2.24) is 9.38 Å². The van der Waals surface area contributed by atoms with E-state index in [-0.39, 0.29) is 12.3 Å². The Labute approximate surface area is 162 Å². The summed E-state index contributed by atoms with van der Waals surface area (Å²) in [7, 11) is 0. The van der Waals surface area contributed by atoms with Crippen LogP contribution in [0.4, 0.5) is 18.9 Å². The summed E-state index contributed by atoms with van der Waals surface area (Å²) in [6, 6.07) is 14.1. The van der Waals surface area contributed by atoms with E-state index in [4.69, 9.17) is 0 Å². The highest BCUT2D eigenvalue weighted by Crippen LogP contribution is 2.30. The third-order valence-electron chi connectivity index (χ3n) is 4.19. The van der Waals surface area contributed by atoms with Crippen LogP contribution < -0.4 is 5.32 Å². The zero-order chi connectivity index (χ0) is 19.7. The quantitative estimate of drug-likeness (QED) is 0.507. The molecule has 0 atom stereocenters. The Morgan fingerprint density at radius 2 is 1.79 bits per heavy atom. The molecule has 2 aromatic heterocycles. The van der Waals surface area contributed by atoms with Gasteiger partial charge in [-0.3, -0.25) is 9.20 Å². The maximum absolute atomic E-state index is 12.6. The normalized spacial score (nSPS) is 11.7. The van der Waals surface area contributed by atoms with Gasteiger partial charge in [-0.05, 0) is 24.3 Å². The summed E-state index contributed by atoms with van der Waals surface area (Å²) in [5.74, 6) is -0.311. The molecule has 0 fully saturated rings. The van der Waals surface area contributed by atoms with Crippen molar-refractivity contribution in [1.29, 1.82) is 0 Å². The molecule has 8 heteroatoms. The van der Waals surface area contributed by atoms with Crippen LogP contribution in [-0.2, 0) is 17.4 Å². The lowest BCUT2D eigenvalue weighted by molar-refractivity contribution is -0.137. The highest BCUT2D eigenvalue weighted by atomic mass is 32.1. The van der Waals surface area contributed by atoms with Gasteiger partial charge in [0.25, 0.3) is 0 Å². The van der Waals surface area contributed by atoms with Gasteiger partial charge in [0.2, 0.25) is 5.91 Å². The number of carbonyl (C=O) groups is 1. The van der Waals surface area contributed by atoms with E-state index in [0.29, 0.717) is 5.69 Å². The van der Waals surface area contributed by atoms with Gasteiger partial charge < -0.3 is 5.32 Å². The molecule has 0 radical (unpaired) electrons. The van der Waals surface area contributed by atoms with Gasteiger partial charge in [-0.1, -0.05) is 30.3 Å². The lowest BCUT2D eigenvalue weighted by Gasteiger charge is -2.08. The molecule has 0 saturated carbocycles. The van der Waals surface area contributed by atoms with E-state index in [1.54, 1.807) is 0 Å². The molecule has 1 amide bonds. The van der Waals surface area contributed by atoms with Crippen molar-refractivity contribution < 1.29 is 18.0 Å². The Kier molecular flexibility index (Phi) is 4.64. The highest BCUT2D eigenvalue weighted by Gasteiger charge is 2.30. The van der Waals surface area contributed by atoms with E-state index >= 15 is 0 Å². The Balaban J connectivity index is 1.49. The molecule has 0 bridgehead atoms. The zero-order valence-electron chi connectivity index (χ0n) is 14.4. The van der Waals surface area contributed by atoms with Crippen molar-refractivity contribution in [2.45, 2.75) is 12.6 Å². The number of nitrogens with one attached hydrogen (secondary N) is 1. The van der Waals surface area contributed by atoms with Crippen molar-refractivity contribution in [3.05, 3.63) is 77.4 Å². The maximum atomic E-state index is 12.6. The number of hydrogen-bond donors (Lipinski definition) is 1. The molecule has 4 rings (SSSR count). The summed E-state index contributed by atoms with van der Waals surface area (Å²) in [5.41, 5.74) is 2.13. The average Bonchev–Trinajstić information content (AvgIpc) is 3.24. The fourth-order valence-electron chi connectivity index (χ4n) is 2.82. The van der Waals surface area contributed by atoms with Gasteiger partial charge in [-0.15, -0.1) is 11.3 Å². The molecule has 0 aliphatic carbocycles. The van der Waals surface area contributed by atoms with Gasteiger partial charge in [0.1, 0.15) is 0 Å². The van der Waals surface area contributed by atoms with Gasteiger partial charge in [0.15, 0.2) is 4.96 Å². The summed E-state index contributed by atoms with van der Waals surface area (Å²) >= 11 is 1.43. The van der Waals surface area contributed by atoms with Crippen LogP contribution in [-0.4, -0.2) is 15.3 Å². The summed E-state index contributed by atoms with van der Waals surface area (Å²) in [5, 5.41) is 4.48. The van der Waals surface area contributed by atoms with Crippen LogP contribution in [0.5, 0.6) is 0 Å². The number of rotatable bonds is 4. The van der Waals surface area contributed by atoms with E-state index in [1.807, 2.05) is 46.3 Å². The fraction of sp³-hybridized carbons (Fsp3) is 0.100. The number of anilines is 1. The molecule has 2 aromatic carbocycles. The van der Waals surface area contributed by atoms with Gasteiger partial charge in [-0.25, -0.2) is 4.98 Å². The first-order chi connectivity index (χ1) is 13.4. The van der Waals surface area contributed by atoms with E-state index in [9.17, 15) is 18.0 Å². The molecular weight excluding hydrogens is 387 g/mol. The predicted molar refractivity (Wildman–Crippen MR) is 102 cm³/mol. The molecule has 0 spiro atoms. The minimum absolute atomic E-state index is 0.0889. The smallest absolute Gasteiger partial charge is 0.326 e. The molecule has 28 heavy (non-hydrogen) atoms. The third kappa shape index (κ3) is 3.77. The lowest BCUT2D eigenvalue weighted by Crippen LogP contribution is -2.15. The number of amides is 1. The first-order valence-corrected chi connectivity index (χ1v) is 9.26. The summed E-state index contributed by atoms with van der Waals surface area (Å²) in [4.78, 5) is 17.7. The molecule has 0 unspecified atom stereocenters. The van der Waals surface area contributed by atoms with Crippen molar-refractivity contribution in [2.75, 3.05) is 5.32 Å². The number of benzene rings is 2. The first-order valence-electron chi connectivity index (χ1n) is 8.38. The Bertz CT molecular complexity index is 1120. The van der Waals surface area contributed by atoms with Crippen LogP contribution in [0.15, 0.2) is 66.2 Å². The van der Waals surface area contributed by atoms with Gasteiger partial charge >= 0.3 is 6.18 Å². The third-order valence-corrected chi connectivity index (χ3v) is 5.08. The number of fused-ring (bicyclic) bond motifs is 1. The minimum Gasteiger partial charge on any atom is -0.326 e. The van der Waals surface area contributed by atoms with E-state index < -0.39 is 11.7 Å². The molecule has 2 heterocycles. The molecule has 0 saturated heterocycles. The van der Waals surface area contributed by atoms with E-state index in [0.717, 1.165) is 34.0 Å². The van der Waals surface area contributed by atoms with E-state index in [2.05, 4.69) is 10.3 Å². The minimum atomic E-state index is -4.40. The molecule has 0 aliphatic rings. The molecular formula is C20H14F3N3OS. The van der Waals surface area contributed by atoms with E-state index in [1.165, 1.54) is 23.5 Å². The van der Waals surface area contributed by atoms with Crippen LogP contribution >= 0.6 is 11.3 Å². The predicted octanol–water partition coefficient (Wildman–Crippen LogP) is 5.26. The second-order valence-corrected chi connectivity index (χ2v) is 7.01. The van der Waals surface area contributed by atoms with Gasteiger partial charge in [0, 0.05) is 28.5 Å². The van der Waals surface area contributed by atoms with Crippen LogP contribution in [0, 0.1) is 0 Å². The number of imidazole rings is 1. The van der Waals surface area contributed by atoms with Crippen molar-refractivity contribution in [2.24, 2.45) is 0 Å². The molecule has 0 aliphatic heterocycles. The highest BCUT2D eigenvalue weighted by molar-refractivity contribution is 7.15. The average molecular weight is 401 g/mol.